The van der Waals surface area contributed by atoms with E-state index in [4.69, 9.17) is 5.11 Å². The van der Waals surface area contributed by atoms with E-state index in [0.717, 1.165) is 15.6 Å². The molecule has 0 spiro atoms. The van der Waals surface area contributed by atoms with Crippen molar-refractivity contribution in [3.8, 4) is 0 Å². The van der Waals surface area contributed by atoms with E-state index in [0.29, 0.717) is 6.54 Å². The van der Waals surface area contributed by atoms with Crippen LogP contribution in [0.1, 0.15) is 33.1 Å². The lowest BCUT2D eigenvalue weighted by Crippen LogP contribution is -2.24. The molecule has 0 aromatic heterocycles. The topological polar surface area (TPSA) is 69.6 Å². The van der Waals surface area contributed by atoms with Crippen LogP contribution in [0.3, 0.4) is 0 Å². The summed E-state index contributed by atoms with van der Waals surface area (Å²) < 4.78 is 0.737. The van der Waals surface area contributed by atoms with Crippen LogP contribution in [0.4, 0.5) is 0 Å². The standard InChI is InChI=1S/C17H18BrNO3/c1-11-2-4-12(5-3-11)16(10-20)19-9-14-7-6-13(17(21)22)8-15(14)18/h2-8,16,19-20H,9-10H2,1H3,(H,21,22)/t16-/m1/s1. The summed E-state index contributed by atoms with van der Waals surface area (Å²) >= 11 is 3.39. The number of carboxylic acids is 1. The number of carboxylic acid groups (broad SMARTS) is 1. The van der Waals surface area contributed by atoms with Crippen molar-refractivity contribution in [2.75, 3.05) is 6.61 Å². The summed E-state index contributed by atoms with van der Waals surface area (Å²) in [7, 11) is 0. The van der Waals surface area contributed by atoms with Crippen molar-refractivity contribution in [2.45, 2.75) is 19.5 Å². The van der Waals surface area contributed by atoms with Gasteiger partial charge in [-0.05, 0) is 30.2 Å². The molecule has 2 rings (SSSR count). The normalized spacial score (nSPS) is 12.1. The first kappa shape index (κ1) is 16.7. The average molecular weight is 364 g/mol. The van der Waals surface area contributed by atoms with Crippen molar-refractivity contribution in [3.63, 3.8) is 0 Å². The van der Waals surface area contributed by atoms with Crippen LogP contribution in [0.15, 0.2) is 46.9 Å². The van der Waals surface area contributed by atoms with Gasteiger partial charge in [0.05, 0.1) is 18.2 Å². The highest BCUT2D eigenvalue weighted by Gasteiger charge is 2.11. The van der Waals surface area contributed by atoms with Gasteiger partial charge < -0.3 is 15.5 Å². The summed E-state index contributed by atoms with van der Waals surface area (Å²) in [5, 5.41) is 21.8. The average Bonchev–Trinajstić information content (AvgIpc) is 2.50. The molecule has 22 heavy (non-hydrogen) atoms. The minimum Gasteiger partial charge on any atom is -0.478 e. The molecular formula is C17H18BrNO3. The van der Waals surface area contributed by atoms with E-state index in [1.807, 2.05) is 31.2 Å². The van der Waals surface area contributed by atoms with E-state index in [1.54, 1.807) is 18.2 Å². The van der Waals surface area contributed by atoms with E-state index in [2.05, 4.69) is 21.2 Å². The summed E-state index contributed by atoms with van der Waals surface area (Å²) in [6.45, 7) is 2.54. The molecule has 3 N–H and O–H groups in total. The molecule has 1 atom stereocenters. The van der Waals surface area contributed by atoms with Gasteiger partial charge in [0.15, 0.2) is 0 Å². The molecular weight excluding hydrogens is 346 g/mol. The fourth-order valence-electron chi connectivity index (χ4n) is 2.14. The van der Waals surface area contributed by atoms with Gasteiger partial charge in [0.2, 0.25) is 0 Å². The molecule has 0 saturated carbocycles. The Kier molecular flexibility index (Phi) is 5.71. The summed E-state index contributed by atoms with van der Waals surface area (Å²) in [6, 6.07) is 12.8. The molecule has 4 nitrogen and oxygen atoms in total. The highest BCUT2D eigenvalue weighted by Crippen LogP contribution is 2.20. The molecule has 116 valence electrons. The lowest BCUT2D eigenvalue weighted by Gasteiger charge is -2.17. The SMILES string of the molecule is Cc1ccc([C@@H](CO)NCc2ccc(C(=O)O)cc2Br)cc1. The minimum absolute atomic E-state index is 0.00606. The number of aliphatic hydroxyl groups is 1. The Labute approximate surface area is 137 Å². The van der Waals surface area contributed by atoms with Crippen molar-refractivity contribution in [3.05, 3.63) is 69.2 Å². The Hall–Kier alpha value is -1.69. The minimum atomic E-state index is -0.951. The maximum absolute atomic E-state index is 10.9. The molecule has 0 aliphatic carbocycles. The lowest BCUT2D eigenvalue weighted by atomic mass is 10.1. The van der Waals surface area contributed by atoms with Gasteiger partial charge in [-0.3, -0.25) is 0 Å². The number of halogens is 1. The number of hydrogen-bond acceptors (Lipinski definition) is 3. The smallest absolute Gasteiger partial charge is 0.335 e. The number of nitrogens with one attached hydrogen (secondary N) is 1. The van der Waals surface area contributed by atoms with Crippen LogP contribution >= 0.6 is 15.9 Å². The number of aromatic carboxylic acids is 1. The molecule has 2 aromatic carbocycles. The molecule has 0 unspecified atom stereocenters. The van der Waals surface area contributed by atoms with Crippen LogP contribution in [0.25, 0.3) is 0 Å². The number of benzene rings is 2. The van der Waals surface area contributed by atoms with E-state index in [1.165, 1.54) is 5.56 Å². The predicted molar refractivity (Wildman–Crippen MR) is 88.9 cm³/mol. The van der Waals surface area contributed by atoms with Gasteiger partial charge >= 0.3 is 5.97 Å². The maximum atomic E-state index is 10.9. The van der Waals surface area contributed by atoms with Gasteiger partial charge in [-0.1, -0.05) is 51.8 Å². The number of carbonyl (C=O) groups is 1. The van der Waals surface area contributed by atoms with Gasteiger partial charge in [0, 0.05) is 11.0 Å². The molecule has 2 aromatic rings. The summed E-state index contributed by atoms with van der Waals surface area (Å²) in [4.78, 5) is 10.9. The van der Waals surface area contributed by atoms with Crippen molar-refractivity contribution in [1.82, 2.24) is 5.32 Å². The Balaban J connectivity index is 2.07. The largest absolute Gasteiger partial charge is 0.478 e. The van der Waals surface area contributed by atoms with Crippen LogP contribution < -0.4 is 5.32 Å². The predicted octanol–water partition coefficient (Wildman–Crippen LogP) is 3.28. The Bertz CT molecular complexity index is 655. The first-order chi connectivity index (χ1) is 10.5. The van der Waals surface area contributed by atoms with Gasteiger partial charge in [-0.15, -0.1) is 0 Å². The monoisotopic (exact) mass is 363 g/mol. The zero-order chi connectivity index (χ0) is 16.1. The Morgan fingerprint density at radius 1 is 1.23 bits per heavy atom. The highest BCUT2D eigenvalue weighted by atomic mass is 79.9. The summed E-state index contributed by atoms with van der Waals surface area (Å²) in [5.41, 5.74) is 3.38. The van der Waals surface area contributed by atoms with Crippen molar-refractivity contribution in [2.24, 2.45) is 0 Å². The van der Waals surface area contributed by atoms with Crippen molar-refractivity contribution in [1.29, 1.82) is 0 Å². The van der Waals surface area contributed by atoms with Gasteiger partial charge in [0.25, 0.3) is 0 Å². The Morgan fingerprint density at radius 3 is 2.45 bits per heavy atom. The molecule has 0 radical (unpaired) electrons. The molecule has 0 aliphatic rings. The zero-order valence-electron chi connectivity index (χ0n) is 12.2. The molecule has 0 saturated heterocycles. The van der Waals surface area contributed by atoms with Crippen LogP contribution in [-0.2, 0) is 6.54 Å². The van der Waals surface area contributed by atoms with Gasteiger partial charge in [0.1, 0.15) is 0 Å². The number of aliphatic hydroxyl groups excluding tert-OH is 1. The third-order valence-electron chi connectivity index (χ3n) is 3.50. The molecule has 0 bridgehead atoms. The summed E-state index contributed by atoms with van der Waals surface area (Å²) in [6.07, 6.45) is 0. The Morgan fingerprint density at radius 2 is 1.91 bits per heavy atom. The first-order valence-corrected chi connectivity index (χ1v) is 7.73. The van der Waals surface area contributed by atoms with Crippen LogP contribution in [0.2, 0.25) is 0 Å². The van der Waals surface area contributed by atoms with E-state index < -0.39 is 5.97 Å². The second-order valence-corrected chi connectivity index (χ2v) is 5.99. The number of rotatable bonds is 6. The second-order valence-electron chi connectivity index (χ2n) is 5.14. The lowest BCUT2D eigenvalue weighted by molar-refractivity contribution is 0.0697. The zero-order valence-corrected chi connectivity index (χ0v) is 13.8. The first-order valence-electron chi connectivity index (χ1n) is 6.94. The van der Waals surface area contributed by atoms with Crippen molar-refractivity contribution >= 4 is 21.9 Å². The molecule has 0 heterocycles. The molecule has 0 amide bonds. The molecule has 0 fully saturated rings. The summed E-state index contributed by atoms with van der Waals surface area (Å²) in [5.74, 6) is -0.951. The third kappa shape index (κ3) is 4.16. The highest BCUT2D eigenvalue weighted by molar-refractivity contribution is 9.10. The fourth-order valence-corrected chi connectivity index (χ4v) is 2.66. The van der Waals surface area contributed by atoms with E-state index in [9.17, 15) is 9.90 Å². The molecule has 0 aliphatic heterocycles. The number of aryl methyl sites for hydroxylation is 1. The fraction of sp³-hybridized carbons (Fsp3) is 0.235. The van der Waals surface area contributed by atoms with Crippen LogP contribution in [-0.4, -0.2) is 22.8 Å². The van der Waals surface area contributed by atoms with Gasteiger partial charge in [-0.2, -0.15) is 0 Å². The third-order valence-corrected chi connectivity index (χ3v) is 4.24. The van der Waals surface area contributed by atoms with Crippen molar-refractivity contribution < 1.29 is 15.0 Å². The quantitative estimate of drug-likeness (QED) is 0.736. The number of hydrogen-bond donors (Lipinski definition) is 3. The van der Waals surface area contributed by atoms with E-state index in [-0.39, 0.29) is 18.2 Å². The second kappa shape index (κ2) is 7.54. The van der Waals surface area contributed by atoms with Crippen LogP contribution in [0, 0.1) is 6.92 Å². The van der Waals surface area contributed by atoms with Gasteiger partial charge in [-0.25, -0.2) is 4.79 Å². The molecule has 5 heteroatoms. The van der Waals surface area contributed by atoms with E-state index >= 15 is 0 Å². The van der Waals surface area contributed by atoms with Crippen LogP contribution in [0.5, 0.6) is 0 Å². The maximum Gasteiger partial charge on any atom is 0.335 e.